The number of ether oxygens (including phenoxy) is 1. The number of rotatable bonds is 9. The quantitative estimate of drug-likeness (QED) is 0.420. The first-order valence-electron chi connectivity index (χ1n) is 11.9. The average molecular weight is 479 g/mol. The summed E-state index contributed by atoms with van der Waals surface area (Å²) in [5.74, 6) is 1.59. The number of nitrogens with one attached hydrogen (secondary N) is 2. The predicted molar refractivity (Wildman–Crippen MR) is 147 cm³/mol. The summed E-state index contributed by atoms with van der Waals surface area (Å²) in [5, 5.41) is 6.26. The lowest BCUT2D eigenvalue weighted by atomic mass is 9.92. The SMILES string of the molecule is CC.CC/C(=C/NC)C/C(C)=C1\CSC(C(=O)NCc2ccccc2)=C1c1ccc(OC)cc1. The molecule has 0 aromatic heterocycles. The van der Waals surface area contributed by atoms with Gasteiger partial charge in [0.25, 0.3) is 5.91 Å². The molecule has 1 aliphatic heterocycles. The van der Waals surface area contributed by atoms with Gasteiger partial charge in [0.05, 0.1) is 12.0 Å². The van der Waals surface area contributed by atoms with Crippen LogP contribution in [0.3, 0.4) is 0 Å². The third-order valence-electron chi connectivity index (χ3n) is 5.58. The maximum absolute atomic E-state index is 13.2. The lowest BCUT2D eigenvalue weighted by molar-refractivity contribution is -0.116. The van der Waals surface area contributed by atoms with Crippen molar-refractivity contribution in [2.45, 2.75) is 47.1 Å². The molecule has 182 valence electrons. The number of carbonyl (C=O) groups excluding carboxylic acids is 1. The van der Waals surface area contributed by atoms with E-state index in [1.807, 2.05) is 75.5 Å². The van der Waals surface area contributed by atoms with E-state index in [1.165, 1.54) is 16.7 Å². The maximum atomic E-state index is 13.2. The van der Waals surface area contributed by atoms with Gasteiger partial charge < -0.3 is 15.4 Å². The van der Waals surface area contributed by atoms with Crippen molar-refractivity contribution in [1.82, 2.24) is 10.6 Å². The summed E-state index contributed by atoms with van der Waals surface area (Å²) in [7, 11) is 3.60. The minimum absolute atomic E-state index is 0.0195. The lowest BCUT2D eigenvalue weighted by Crippen LogP contribution is -2.23. The standard InChI is InChI=1S/C27H32N2O2S.C2H6/c1-5-20(16-28-3)15-19(2)24-18-32-26(25(24)22-11-13-23(31-4)14-12-22)27(30)29-17-21-9-7-6-8-10-21;1-2/h6-14,16,28H,5,15,17-18H2,1-4H3,(H,29,30);1-2H3/b20-16-,24-19+;. The highest BCUT2D eigenvalue weighted by Gasteiger charge is 2.28. The van der Waals surface area contributed by atoms with Gasteiger partial charge in [-0.05, 0) is 54.8 Å². The Morgan fingerprint density at radius 2 is 1.76 bits per heavy atom. The molecule has 0 bridgehead atoms. The van der Waals surface area contributed by atoms with Gasteiger partial charge in [0.1, 0.15) is 5.75 Å². The average Bonchev–Trinajstić information content (AvgIpc) is 3.34. The molecule has 0 fully saturated rings. The molecule has 1 amide bonds. The number of thioether (sulfide) groups is 1. The topological polar surface area (TPSA) is 50.4 Å². The second-order valence-electron chi connectivity index (χ2n) is 7.77. The first kappa shape index (κ1) is 27.3. The molecule has 5 heteroatoms. The molecular weight excluding hydrogens is 440 g/mol. The van der Waals surface area contributed by atoms with Crippen molar-refractivity contribution in [2.24, 2.45) is 0 Å². The Balaban J connectivity index is 0.00000199. The molecule has 0 spiro atoms. The summed E-state index contributed by atoms with van der Waals surface area (Å²) in [6.07, 6.45) is 3.97. The highest BCUT2D eigenvalue weighted by Crippen LogP contribution is 2.44. The normalized spacial score (nSPS) is 14.8. The molecule has 4 nitrogen and oxygen atoms in total. The number of methoxy groups -OCH3 is 1. The summed E-state index contributed by atoms with van der Waals surface area (Å²) < 4.78 is 5.34. The van der Waals surface area contributed by atoms with Crippen LogP contribution in [0, 0.1) is 0 Å². The monoisotopic (exact) mass is 478 g/mol. The van der Waals surface area contributed by atoms with Crippen molar-refractivity contribution < 1.29 is 9.53 Å². The molecule has 3 rings (SSSR count). The number of hydrogen-bond acceptors (Lipinski definition) is 4. The van der Waals surface area contributed by atoms with E-state index < -0.39 is 0 Å². The fourth-order valence-electron chi connectivity index (χ4n) is 3.79. The molecule has 0 aliphatic carbocycles. The Morgan fingerprint density at radius 1 is 1.09 bits per heavy atom. The van der Waals surface area contributed by atoms with Gasteiger partial charge in [0.2, 0.25) is 0 Å². The predicted octanol–water partition coefficient (Wildman–Crippen LogP) is 6.72. The Morgan fingerprint density at radius 3 is 2.35 bits per heavy atom. The highest BCUT2D eigenvalue weighted by atomic mass is 32.2. The highest BCUT2D eigenvalue weighted by molar-refractivity contribution is 8.04. The first-order chi connectivity index (χ1) is 16.6. The van der Waals surface area contributed by atoms with Crippen LogP contribution in [0.4, 0.5) is 0 Å². The van der Waals surface area contributed by atoms with Gasteiger partial charge in [-0.2, -0.15) is 0 Å². The van der Waals surface area contributed by atoms with Crippen LogP contribution in [0.5, 0.6) is 5.75 Å². The fourth-order valence-corrected chi connectivity index (χ4v) is 5.06. The number of allylic oxidation sites excluding steroid dienone is 3. The van der Waals surface area contributed by atoms with Crippen molar-refractivity contribution in [1.29, 1.82) is 0 Å². The molecular formula is C29H38N2O2S. The van der Waals surface area contributed by atoms with Crippen LogP contribution in [0.15, 0.2) is 82.4 Å². The molecule has 0 saturated heterocycles. The summed E-state index contributed by atoms with van der Waals surface area (Å²) in [4.78, 5) is 14.0. The van der Waals surface area contributed by atoms with Crippen LogP contribution in [0.2, 0.25) is 0 Å². The van der Waals surface area contributed by atoms with Crippen molar-refractivity contribution in [3.05, 3.63) is 93.5 Å². The van der Waals surface area contributed by atoms with E-state index in [0.29, 0.717) is 6.54 Å². The number of benzene rings is 2. The summed E-state index contributed by atoms with van der Waals surface area (Å²) in [6.45, 7) is 8.87. The van der Waals surface area contributed by atoms with E-state index in [1.54, 1.807) is 18.9 Å². The third-order valence-corrected chi connectivity index (χ3v) is 6.69. The molecule has 0 atom stereocenters. The largest absolute Gasteiger partial charge is 0.497 e. The van der Waals surface area contributed by atoms with Gasteiger partial charge in [-0.3, -0.25) is 4.79 Å². The van der Waals surface area contributed by atoms with Gasteiger partial charge in [0, 0.05) is 24.9 Å². The van der Waals surface area contributed by atoms with Crippen LogP contribution in [0.1, 0.15) is 51.7 Å². The van der Waals surface area contributed by atoms with E-state index in [-0.39, 0.29) is 5.91 Å². The summed E-state index contributed by atoms with van der Waals surface area (Å²) in [5.41, 5.74) is 7.08. The van der Waals surface area contributed by atoms with Gasteiger partial charge in [0.15, 0.2) is 0 Å². The Kier molecular flexibility index (Phi) is 11.5. The minimum atomic E-state index is -0.0195. The Bertz CT molecular complexity index is 1020. The zero-order valence-electron chi connectivity index (χ0n) is 21.3. The second-order valence-corrected chi connectivity index (χ2v) is 8.76. The van der Waals surface area contributed by atoms with Gasteiger partial charge in [-0.15, -0.1) is 11.8 Å². The van der Waals surface area contributed by atoms with E-state index in [9.17, 15) is 4.79 Å². The third kappa shape index (κ3) is 7.29. The van der Waals surface area contributed by atoms with Crippen LogP contribution in [0.25, 0.3) is 5.57 Å². The van der Waals surface area contributed by atoms with Gasteiger partial charge in [-0.25, -0.2) is 0 Å². The molecule has 1 heterocycles. The summed E-state index contributed by atoms with van der Waals surface area (Å²) >= 11 is 1.63. The molecule has 0 unspecified atom stereocenters. The zero-order valence-corrected chi connectivity index (χ0v) is 22.1. The number of carbonyl (C=O) groups is 1. The molecule has 2 aromatic carbocycles. The summed E-state index contributed by atoms with van der Waals surface area (Å²) in [6, 6.07) is 18.0. The van der Waals surface area contributed by atoms with Crippen LogP contribution in [-0.4, -0.2) is 25.8 Å². The molecule has 34 heavy (non-hydrogen) atoms. The second kappa shape index (κ2) is 14.4. The van der Waals surface area contributed by atoms with Gasteiger partial charge >= 0.3 is 0 Å². The zero-order chi connectivity index (χ0) is 24.9. The fraction of sp³-hybridized carbons (Fsp3) is 0.345. The van der Waals surface area contributed by atoms with Crippen molar-refractivity contribution in [3.63, 3.8) is 0 Å². The van der Waals surface area contributed by atoms with E-state index in [0.717, 1.165) is 45.9 Å². The number of amides is 1. The van der Waals surface area contributed by atoms with E-state index in [2.05, 4.69) is 30.7 Å². The first-order valence-corrected chi connectivity index (χ1v) is 12.9. The molecule has 1 aliphatic rings. The van der Waals surface area contributed by atoms with Crippen LogP contribution in [-0.2, 0) is 11.3 Å². The van der Waals surface area contributed by atoms with Crippen molar-refractivity contribution in [2.75, 3.05) is 19.9 Å². The lowest BCUT2D eigenvalue weighted by Gasteiger charge is -2.14. The molecule has 2 N–H and O–H groups in total. The van der Waals surface area contributed by atoms with E-state index in [4.69, 9.17) is 4.74 Å². The van der Waals surface area contributed by atoms with Crippen molar-refractivity contribution >= 4 is 23.2 Å². The van der Waals surface area contributed by atoms with Gasteiger partial charge in [-0.1, -0.05) is 74.4 Å². The van der Waals surface area contributed by atoms with E-state index >= 15 is 0 Å². The smallest absolute Gasteiger partial charge is 0.258 e. The Hall–Kier alpha value is -2.92. The Labute approximate surface area is 209 Å². The van der Waals surface area contributed by atoms with Crippen molar-refractivity contribution in [3.8, 4) is 5.75 Å². The maximum Gasteiger partial charge on any atom is 0.258 e. The van der Waals surface area contributed by atoms with Crippen LogP contribution < -0.4 is 15.4 Å². The molecule has 2 aromatic rings. The molecule has 0 saturated carbocycles. The number of hydrogen-bond donors (Lipinski definition) is 2. The minimum Gasteiger partial charge on any atom is -0.497 e. The van der Waals surface area contributed by atoms with Crippen LogP contribution >= 0.6 is 11.8 Å². The molecule has 0 radical (unpaired) electrons.